The molecule has 1 aromatic heterocycles. The summed E-state index contributed by atoms with van der Waals surface area (Å²) >= 11 is 0. The first-order chi connectivity index (χ1) is 12.2. The minimum absolute atomic E-state index is 0.295. The lowest BCUT2D eigenvalue weighted by atomic mass is 10.1. The molecule has 124 valence electrons. The minimum atomic E-state index is -0.295. The van der Waals surface area contributed by atoms with Crippen LogP contribution in [0.1, 0.15) is 22.8 Å². The molecule has 3 aromatic rings. The Morgan fingerprint density at radius 2 is 1.64 bits per heavy atom. The average Bonchev–Trinajstić information content (AvgIpc) is 2.68. The minimum Gasteiger partial charge on any atom is -0.457 e. The Morgan fingerprint density at radius 3 is 2.32 bits per heavy atom. The van der Waals surface area contributed by atoms with E-state index in [1.165, 1.54) is 6.20 Å². The number of nitrogens with zero attached hydrogens (tertiary/aromatic N) is 2. The number of aromatic nitrogens is 1. The van der Waals surface area contributed by atoms with Crippen LogP contribution in [0.15, 0.2) is 84.2 Å². The van der Waals surface area contributed by atoms with E-state index in [0.29, 0.717) is 11.3 Å². The zero-order valence-corrected chi connectivity index (χ0v) is 13.7. The number of hydrazone groups is 1. The largest absolute Gasteiger partial charge is 0.457 e. The molecule has 0 aliphatic rings. The fraction of sp³-hybridized carbons (Fsp3) is 0.0500. The van der Waals surface area contributed by atoms with Gasteiger partial charge >= 0.3 is 0 Å². The monoisotopic (exact) mass is 331 g/mol. The van der Waals surface area contributed by atoms with Gasteiger partial charge in [-0.05, 0) is 61.0 Å². The SMILES string of the molecule is CC(=NNC(=O)c1cccnc1)c1ccc(Oc2ccccc2)cc1. The van der Waals surface area contributed by atoms with Gasteiger partial charge in [0.05, 0.1) is 11.3 Å². The van der Waals surface area contributed by atoms with Crippen molar-refractivity contribution in [2.75, 3.05) is 0 Å². The predicted octanol–water partition coefficient (Wildman–Crippen LogP) is 4.03. The molecule has 0 bridgehead atoms. The molecule has 0 unspecified atom stereocenters. The first-order valence-electron chi connectivity index (χ1n) is 7.80. The lowest BCUT2D eigenvalue weighted by molar-refractivity contribution is 0.0954. The van der Waals surface area contributed by atoms with Crippen LogP contribution in [-0.4, -0.2) is 16.6 Å². The number of hydrogen-bond acceptors (Lipinski definition) is 4. The van der Waals surface area contributed by atoms with Gasteiger partial charge in [0.1, 0.15) is 11.5 Å². The summed E-state index contributed by atoms with van der Waals surface area (Å²) in [6.07, 6.45) is 3.11. The molecule has 1 amide bonds. The van der Waals surface area contributed by atoms with Crippen molar-refractivity contribution in [3.05, 3.63) is 90.3 Å². The second-order valence-electron chi connectivity index (χ2n) is 5.32. The van der Waals surface area contributed by atoms with Crippen molar-refractivity contribution in [3.63, 3.8) is 0 Å². The van der Waals surface area contributed by atoms with Gasteiger partial charge in [-0.3, -0.25) is 9.78 Å². The van der Waals surface area contributed by atoms with Gasteiger partial charge in [-0.2, -0.15) is 5.10 Å². The molecule has 0 aliphatic heterocycles. The van der Waals surface area contributed by atoms with Crippen molar-refractivity contribution in [1.82, 2.24) is 10.4 Å². The predicted molar refractivity (Wildman–Crippen MR) is 96.9 cm³/mol. The van der Waals surface area contributed by atoms with Crippen molar-refractivity contribution in [1.29, 1.82) is 0 Å². The van der Waals surface area contributed by atoms with E-state index in [9.17, 15) is 4.79 Å². The Morgan fingerprint density at radius 1 is 0.920 bits per heavy atom. The van der Waals surface area contributed by atoms with Gasteiger partial charge < -0.3 is 4.74 Å². The Bertz CT molecular complexity index is 860. The molecule has 0 radical (unpaired) electrons. The van der Waals surface area contributed by atoms with Crippen LogP contribution in [0, 0.1) is 0 Å². The molecule has 0 saturated heterocycles. The highest BCUT2D eigenvalue weighted by Crippen LogP contribution is 2.21. The van der Waals surface area contributed by atoms with Crippen molar-refractivity contribution in [2.45, 2.75) is 6.92 Å². The summed E-state index contributed by atoms with van der Waals surface area (Å²) in [6, 6.07) is 20.5. The van der Waals surface area contributed by atoms with Crippen LogP contribution in [0.25, 0.3) is 0 Å². The Kier molecular flexibility index (Phi) is 5.16. The van der Waals surface area contributed by atoms with Crippen LogP contribution in [-0.2, 0) is 0 Å². The second-order valence-corrected chi connectivity index (χ2v) is 5.32. The van der Waals surface area contributed by atoms with E-state index in [2.05, 4.69) is 15.5 Å². The van der Waals surface area contributed by atoms with E-state index >= 15 is 0 Å². The second kappa shape index (κ2) is 7.88. The molecular formula is C20H17N3O2. The number of nitrogens with one attached hydrogen (secondary N) is 1. The van der Waals surface area contributed by atoms with E-state index in [0.717, 1.165) is 17.1 Å². The standard InChI is InChI=1S/C20H17N3O2/c1-15(22-23-20(24)17-6-5-13-21-14-17)16-9-11-19(12-10-16)25-18-7-3-2-4-8-18/h2-14H,1H3,(H,23,24). The number of benzene rings is 2. The molecule has 0 saturated carbocycles. The third-order valence-corrected chi connectivity index (χ3v) is 3.50. The van der Waals surface area contributed by atoms with E-state index in [4.69, 9.17) is 4.74 Å². The van der Waals surface area contributed by atoms with Gasteiger partial charge in [0.2, 0.25) is 0 Å². The summed E-state index contributed by atoms with van der Waals surface area (Å²) < 4.78 is 5.75. The lowest BCUT2D eigenvalue weighted by Crippen LogP contribution is -2.19. The van der Waals surface area contributed by atoms with E-state index in [1.807, 2.05) is 61.5 Å². The summed E-state index contributed by atoms with van der Waals surface area (Å²) in [5, 5.41) is 4.13. The van der Waals surface area contributed by atoms with Crippen molar-refractivity contribution < 1.29 is 9.53 Å². The topological polar surface area (TPSA) is 63.6 Å². The maximum Gasteiger partial charge on any atom is 0.272 e. The van der Waals surface area contributed by atoms with Crippen LogP contribution in [0.5, 0.6) is 11.5 Å². The van der Waals surface area contributed by atoms with Gasteiger partial charge in [0.25, 0.3) is 5.91 Å². The number of pyridine rings is 1. The number of carbonyl (C=O) groups excluding carboxylic acids is 1. The van der Waals surface area contributed by atoms with Gasteiger partial charge in [0.15, 0.2) is 0 Å². The number of para-hydroxylation sites is 1. The Labute approximate surface area is 146 Å². The molecule has 1 heterocycles. The number of amides is 1. The molecule has 0 atom stereocenters. The molecule has 0 aliphatic carbocycles. The maximum atomic E-state index is 12.0. The molecular weight excluding hydrogens is 314 g/mol. The van der Waals surface area contributed by atoms with Crippen LogP contribution in [0.3, 0.4) is 0 Å². The Balaban J connectivity index is 1.64. The third kappa shape index (κ3) is 4.51. The molecule has 25 heavy (non-hydrogen) atoms. The molecule has 5 heteroatoms. The lowest BCUT2D eigenvalue weighted by Gasteiger charge is -2.07. The summed E-state index contributed by atoms with van der Waals surface area (Å²) in [6.45, 7) is 1.83. The van der Waals surface area contributed by atoms with Crippen molar-refractivity contribution >= 4 is 11.6 Å². The van der Waals surface area contributed by atoms with Gasteiger partial charge in [-0.25, -0.2) is 5.43 Å². The quantitative estimate of drug-likeness (QED) is 0.567. The van der Waals surface area contributed by atoms with Crippen LogP contribution in [0.2, 0.25) is 0 Å². The summed E-state index contributed by atoms with van der Waals surface area (Å²) in [7, 11) is 0. The van der Waals surface area contributed by atoms with Gasteiger partial charge in [0, 0.05) is 12.4 Å². The number of carbonyl (C=O) groups is 1. The number of rotatable bonds is 5. The first-order valence-corrected chi connectivity index (χ1v) is 7.80. The molecule has 2 aromatic carbocycles. The molecule has 5 nitrogen and oxygen atoms in total. The highest BCUT2D eigenvalue weighted by molar-refractivity contribution is 6.00. The van der Waals surface area contributed by atoms with E-state index < -0.39 is 0 Å². The normalized spacial score (nSPS) is 11.0. The average molecular weight is 331 g/mol. The number of ether oxygens (including phenoxy) is 1. The van der Waals surface area contributed by atoms with Crippen LogP contribution >= 0.6 is 0 Å². The number of hydrogen-bond donors (Lipinski definition) is 1. The van der Waals surface area contributed by atoms with Gasteiger partial charge in [-0.15, -0.1) is 0 Å². The zero-order valence-electron chi connectivity index (χ0n) is 13.7. The van der Waals surface area contributed by atoms with Crippen LogP contribution in [0.4, 0.5) is 0 Å². The third-order valence-electron chi connectivity index (χ3n) is 3.50. The van der Waals surface area contributed by atoms with Gasteiger partial charge in [-0.1, -0.05) is 18.2 Å². The maximum absolute atomic E-state index is 12.0. The molecule has 0 fully saturated rings. The highest BCUT2D eigenvalue weighted by atomic mass is 16.5. The summed E-state index contributed by atoms with van der Waals surface area (Å²) in [5.41, 5.74) is 4.59. The molecule has 3 rings (SSSR count). The zero-order chi connectivity index (χ0) is 17.5. The van der Waals surface area contributed by atoms with Crippen LogP contribution < -0.4 is 10.2 Å². The van der Waals surface area contributed by atoms with Crippen molar-refractivity contribution in [2.24, 2.45) is 5.10 Å². The molecule has 1 N–H and O–H groups in total. The summed E-state index contributed by atoms with van der Waals surface area (Å²) in [5.74, 6) is 1.22. The summed E-state index contributed by atoms with van der Waals surface area (Å²) in [4.78, 5) is 15.9. The fourth-order valence-corrected chi connectivity index (χ4v) is 2.15. The van der Waals surface area contributed by atoms with E-state index in [-0.39, 0.29) is 5.91 Å². The molecule has 0 spiro atoms. The van der Waals surface area contributed by atoms with Crippen molar-refractivity contribution in [3.8, 4) is 11.5 Å². The highest BCUT2D eigenvalue weighted by Gasteiger charge is 2.05. The first kappa shape index (κ1) is 16.4. The smallest absolute Gasteiger partial charge is 0.272 e. The Hall–Kier alpha value is -3.47. The van der Waals surface area contributed by atoms with E-state index in [1.54, 1.807) is 18.3 Å². The fourth-order valence-electron chi connectivity index (χ4n) is 2.15.